The van der Waals surface area contributed by atoms with Crippen LogP contribution in [0.15, 0.2) is 53.1 Å². The number of amides is 1. The summed E-state index contributed by atoms with van der Waals surface area (Å²) in [6.07, 6.45) is 2.03. The molecule has 1 heterocycles. The highest BCUT2D eigenvalue weighted by Crippen LogP contribution is 2.05. The second kappa shape index (κ2) is 6.02. The van der Waals surface area contributed by atoms with Crippen LogP contribution < -0.4 is 5.32 Å². The van der Waals surface area contributed by atoms with Gasteiger partial charge in [0.05, 0.1) is 18.9 Å². The minimum atomic E-state index is -0.315. The quantitative estimate of drug-likeness (QED) is 0.841. The van der Waals surface area contributed by atoms with Crippen molar-refractivity contribution in [1.29, 1.82) is 0 Å². The molecule has 0 saturated heterocycles. The third kappa shape index (κ3) is 3.21. The van der Waals surface area contributed by atoms with Gasteiger partial charge in [-0.25, -0.2) is 0 Å². The van der Waals surface area contributed by atoms with Gasteiger partial charge in [0, 0.05) is 0 Å². The lowest BCUT2D eigenvalue weighted by Gasteiger charge is -2.15. The highest BCUT2D eigenvalue weighted by atomic mass is 16.3. The van der Waals surface area contributed by atoms with Crippen LogP contribution in [0.5, 0.6) is 0 Å². The summed E-state index contributed by atoms with van der Waals surface area (Å²) in [5, 5.41) is 12.0. The fourth-order valence-corrected chi connectivity index (χ4v) is 1.72. The van der Waals surface area contributed by atoms with E-state index in [-0.39, 0.29) is 24.3 Å². The molecule has 0 spiro atoms. The molecule has 1 atom stereocenters. The van der Waals surface area contributed by atoms with Crippen LogP contribution in [-0.4, -0.2) is 23.7 Å². The van der Waals surface area contributed by atoms with E-state index in [1.54, 1.807) is 12.1 Å². The third-order valence-electron chi connectivity index (χ3n) is 2.63. The molecule has 2 aromatic rings. The first-order valence-electron chi connectivity index (χ1n) is 5.78. The number of carbonyl (C=O) groups excluding carboxylic acids is 1. The Morgan fingerprint density at radius 2 is 2.00 bits per heavy atom. The Morgan fingerprint density at radius 1 is 1.22 bits per heavy atom. The van der Waals surface area contributed by atoms with Gasteiger partial charge in [-0.2, -0.15) is 0 Å². The summed E-state index contributed by atoms with van der Waals surface area (Å²) in [5.41, 5.74) is 1.07. The number of benzene rings is 1. The molecule has 1 aromatic heterocycles. The van der Waals surface area contributed by atoms with E-state index in [4.69, 9.17) is 4.42 Å². The average molecular weight is 245 g/mol. The number of rotatable bonds is 5. The Kier molecular flexibility index (Phi) is 4.15. The predicted molar refractivity (Wildman–Crippen MR) is 67.2 cm³/mol. The SMILES string of the molecule is O=C(N[C@@H](CO)Cc1ccccc1)c1ccco1. The number of aliphatic hydroxyl groups is 1. The van der Waals surface area contributed by atoms with Crippen LogP contribution in [0.4, 0.5) is 0 Å². The molecule has 0 aliphatic rings. The second-order valence-corrected chi connectivity index (χ2v) is 4.02. The summed E-state index contributed by atoms with van der Waals surface area (Å²) in [7, 11) is 0. The van der Waals surface area contributed by atoms with Gasteiger partial charge >= 0.3 is 0 Å². The summed E-state index contributed by atoms with van der Waals surface area (Å²) in [4.78, 5) is 11.7. The van der Waals surface area contributed by atoms with Crippen LogP contribution >= 0.6 is 0 Å². The number of carbonyl (C=O) groups is 1. The average Bonchev–Trinajstić information content (AvgIpc) is 2.93. The van der Waals surface area contributed by atoms with Crippen molar-refractivity contribution >= 4 is 5.91 Å². The standard InChI is InChI=1S/C14H15NO3/c16-10-12(9-11-5-2-1-3-6-11)15-14(17)13-7-4-8-18-13/h1-8,12,16H,9-10H2,(H,15,17)/t12-/m1/s1. The van der Waals surface area contributed by atoms with E-state index >= 15 is 0 Å². The summed E-state index contributed by atoms with van der Waals surface area (Å²) < 4.78 is 5.00. The van der Waals surface area contributed by atoms with Gasteiger partial charge in [-0.3, -0.25) is 4.79 Å². The fraction of sp³-hybridized carbons (Fsp3) is 0.214. The maximum Gasteiger partial charge on any atom is 0.287 e. The normalized spacial score (nSPS) is 12.1. The Balaban J connectivity index is 1.96. The van der Waals surface area contributed by atoms with Crippen molar-refractivity contribution in [2.45, 2.75) is 12.5 Å². The molecule has 2 rings (SSSR count). The van der Waals surface area contributed by atoms with E-state index in [1.165, 1.54) is 6.26 Å². The number of furan rings is 1. The van der Waals surface area contributed by atoms with Gasteiger partial charge in [-0.1, -0.05) is 30.3 Å². The van der Waals surface area contributed by atoms with Crippen molar-refractivity contribution in [1.82, 2.24) is 5.32 Å². The first-order chi connectivity index (χ1) is 8.79. The van der Waals surface area contributed by atoms with Crippen molar-refractivity contribution < 1.29 is 14.3 Å². The summed E-state index contributed by atoms with van der Waals surface area (Å²) >= 11 is 0. The second-order valence-electron chi connectivity index (χ2n) is 4.02. The van der Waals surface area contributed by atoms with Crippen LogP contribution in [0.1, 0.15) is 16.1 Å². The van der Waals surface area contributed by atoms with Gasteiger partial charge in [-0.05, 0) is 24.1 Å². The molecule has 4 heteroatoms. The van der Waals surface area contributed by atoms with Crippen LogP contribution in [0.3, 0.4) is 0 Å². The lowest BCUT2D eigenvalue weighted by atomic mass is 10.1. The fourth-order valence-electron chi connectivity index (χ4n) is 1.72. The van der Waals surface area contributed by atoms with Gasteiger partial charge in [0.15, 0.2) is 5.76 Å². The minimum Gasteiger partial charge on any atom is -0.459 e. The van der Waals surface area contributed by atoms with Gasteiger partial charge in [0.25, 0.3) is 5.91 Å². The first-order valence-corrected chi connectivity index (χ1v) is 5.78. The van der Waals surface area contributed by atoms with E-state index in [1.807, 2.05) is 30.3 Å². The lowest BCUT2D eigenvalue weighted by molar-refractivity contribution is 0.0888. The highest BCUT2D eigenvalue weighted by Gasteiger charge is 2.15. The van der Waals surface area contributed by atoms with Crippen molar-refractivity contribution in [2.24, 2.45) is 0 Å². The zero-order valence-electron chi connectivity index (χ0n) is 9.87. The van der Waals surface area contributed by atoms with E-state index < -0.39 is 0 Å². The maximum atomic E-state index is 11.7. The molecule has 0 unspecified atom stereocenters. The van der Waals surface area contributed by atoms with E-state index in [0.29, 0.717) is 6.42 Å². The number of nitrogens with one attached hydrogen (secondary N) is 1. The number of hydrogen-bond donors (Lipinski definition) is 2. The summed E-state index contributed by atoms with van der Waals surface area (Å²) in [5.74, 6) is -0.0588. The third-order valence-corrected chi connectivity index (χ3v) is 2.63. The smallest absolute Gasteiger partial charge is 0.287 e. The molecular weight excluding hydrogens is 230 g/mol. The van der Waals surface area contributed by atoms with Crippen LogP contribution in [-0.2, 0) is 6.42 Å². The topological polar surface area (TPSA) is 62.5 Å². The molecule has 0 aliphatic carbocycles. The Morgan fingerprint density at radius 3 is 2.61 bits per heavy atom. The molecule has 1 aromatic carbocycles. The van der Waals surface area contributed by atoms with Gasteiger partial charge in [-0.15, -0.1) is 0 Å². The molecule has 94 valence electrons. The Hall–Kier alpha value is -2.07. The van der Waals surface area contributed by atoms with Gasteiger partial charge in [0.2, 0.25) is 0 Å². The number of hydrogen-bond acceptors (Lipinski definition) is 3. The summed E-state index contributed by atoms with van der Waals surface area (Å²) in [6, 6.07) is 12.6. The molecule has 18 heavy (non-hydrogen) atoms. The van der Waals surface area contributed by atoms with Crippen LogP contribution in [0.2, 0.25) is 0 Å². The zero-order chi connectivity index (χ0) is 12.8. The predicted octanol–water partition coefficient (Wildman–Crippen LogP) is 1.61. The molecule has 0 fully saturated rings. The molecule has 0 radical (unpaired) electrons. The lowest BCUT2D eigenvalue weighted by Crippen LogP contribution is -2.38. The van der Waals surface area contributed by atoms with E-state index in [0.717, 1.165) is 5.56 Å². The summed E-state index contributed by atoms with van der Waals surface area (Å²) in [6.45, 7) is -0.110. The van der Waals surface area contributed by atoms with Crippen molar-refractivity contribution in [3.63, 3.8) is 0 Å². The minimum absolute atomic E-state index is 0.110. The van der Waals surface area contributed by atoms with Crippen molar-refractivity contribution in [3.8, 4) is 0 Å². The largest absolute Gasteiger partial charge is 0.459 e. The molecule has 0 saturated carbocycles. The molecule has 0 bridgehead atoms. The van der Waals surface area contributed by atoms with Crippen LogP contribution in [0, 0.1) is 0 Å². The van der Waals surface area contributed by atoms with Crippen molar-refractivity contribution in [2.75, 3.05) is 6.61 Å². The molecule has 4 nitrogen and oxygen atoms in total. The monoisotopic (exact) mass is 245 g/mol. The van der Waals surface area contributed by atoms with Gasteiger partial charge in [0.1, 0.15) is 0 Å². The Labute approximate surface area is 105 Å². The number of aliphatic hydroxyl groups excluding tert-OH is 1. The molecule has 0 aliphatic heterocycles. The first kappa shape index (κ1) is 12.4. The highest BCUT2D eigenvalue weighted by molar-refractivity contribution is 5.91. The van der Waals surface area contributed by atoms with Crippen LogP contribution in [0.25, 0.3) is 0 Å². The van der Waals surface area contributed by atoms with E-state index in [9.17, 15) is 9.90 Å². The van der Waals surface area contributed by atoms with Gasteiger partial charge < -0.3 is 14.8 Å². The molecule has 1 amide bonds. The molecule has 2 N–H and O–H groups in total. The maximum absolute atomic E-state index is 11.7. The molecular formula is C14H15NO3. The van der Waals surface area contributed by atoms with E-state index in [2.05, 4.69) is 5.32 Å². The zero-order valence-corrected chi connectivity index (χ0v) is 9.87. The Bertz CT molecular complexity index is 479. The van der Waals surface area contributed by atoms with Crippen molar-refractivity contribution in [3.05, 3.63) is 60.1 Å².